The number of aromatic nitrogens is 1. The second-order valence-electron chi connectivity index (χ2n) is 6.75. The number of fused-ring (bicyclic) bond motifs is 4. The van der Waals surface area contributed by atoms with Gasteiger partial charge in [0.1, 0.15) is 12.1 Å². The van der Waals surface area contributed by atoms with Crippen molar-refractivity contribution < 1.29 is 9.59 Å². The molecule has 0 bridgehead atoms. The lowest BCUT2D eigenvalue weighted by atomic mass is 9.91. The SMILES string of the molecule is C=CCN1C(=O)[C@H]2Cc3c([nH]c4ccccc34)[C@@H](c3ccc(Br)s3)N2C1=O. The van der Waals surface area contributed by atoms with Gasteiger partial charge in [-0.05, 0) is 39.7 Å². The number of urea groups is 1. The molecule has 1 saturated heterocycles. The van der Waals surface area contributed by atoms with E-state index in [-0.39, 0.29) is 24.5 Å². The second kappa shape index (κ2) is 6.07. The van der Waals surface area contributed by atoms with E-state index in [1.165, 1.54) is 4.90 Å². The summed E-state index contributed by atoms with van der Waals surface area (Å²) in [6, 6.07) is 11.1. The van der Waals surface area contributed by atoms with E-state index in [1.54, 1.807) is 22.3 Å². The fraction of sp³-hybridized carbons (Fsp3) is 0.200. The van der Waals surface area contributed by atoms with Crippen LogP contribution in [0.1, 0.15) is 22.2 Å². The highest BCUT2D eigenvalue weighted by molar-refractivity contribution is 9.11. The van der Waals surface area contributed by atoms with Crippen LogP contribution in [0.2, 0.25) is 0 Å². The number of halogens is 1. The number of amides is 3. The topological polar surface area (TPSA) is 56.4 Å². The van der Waals surface area contributed by atoms with Crippen molar-refractivity contribution in [2.75, 3.05) is 6.54 Å². The molecular formula is C20H16BrN3O2S. The van der Waals surface area contributed by atoms with E-state index in [1.807, 2.05) is 30.3 Å². The summed E-state index contributed by atoms with van der Waals surface area (Å²) in [7, 11) is 0. The van der Waals surface area contributed by atoms with Crippen molar-refractivity contribution in [2.24, 2.45) is 0 Å². The van der Waals surface area contributed by atoms with E-state index in [0.717, 1.165) is 30.8 Å². The summed E-state index contributed by atoms with van der Waals surface area (Å²) in [5.74, 6) is -0.142. The molecule has 0 spiro atoms. The van der Waals surface area contributed by atoms with Crippen LogP contribution in [0, 0.1) is 0 Å². The van der Waals surface area contributed by atoms with Crippen LogP contribution in [0.25, 0.3) is 10.9 Å². The Balaban J connectivity index is 1.73. The molecular weight excluding hydrogens is 426 g/mol. The minimum atomic E-state index is -0.477. The summed E-state index contributed by atoms with van der Waals surface area (Å²) >= 11 is 5.11. The van der Waals surface area contributed by atoms with E-state index in [4.69, 9.17) is 0 Å². The average Bonchev–Trinajstić information content (AvgIpc) is 3.32. The number of carbonyl (C=O) groups is 2. The molecule has 0 radical (unpaired) electrons. The van der Waals surface area contributed by atoms with Crippen LogP contribution in [-0.4, -0.2) is 39.3 Å². The van der Waals surface area contributed by atoms with Crippen LogP contribution in [-0.2, 0) is 11.2 Å². The number of carbonyl (C=O) groups excluding carboxylic acids is 2. The maximum absolute atomic E-state index is 13.1. The fourth-order valence-electron chi connectivity index (χ4n) is 4.20. The van der Waals surface area contributed by atoms with Crippen LogP contribution in [0.15, 0.2) is 52.8 Å². The molecule has 3 amide bonds. The minimum Gasteiger partial charge on any atom is -0.356 e. The Hall–Kier alpha value is -2.38. The van der Waals surface area contributed by atoms with Gasteiger partial charge in [0.15, 0.2) is 0 Å². The zero-order valence-electron chi connectivity index (χ0n) is 14.3. The fourth-order valence-corrected chi connectivity index (χ4v) is 5.73. The molecule has 2 aromatic heterocycles. The van der Waals surface area contributed by atoms with Gasteiger partial charge >= 0.3 is 6.03 Å². The van der Waals surface area contributed by atoms with Gasteiger partial charge in [-0.15, -0.1) is 17.9 Å². The Kier molecular flexibility index (Phi) is 3.77. The summed E-state index contributed by atoms with van der Waals surface area (Å²) in [5, 5.41) is 1.12. The van der Waals surface area contributed by atoms with Crippen LogP contribution >= 0.6 is 27.3 Å². The van der Waals surface area contributed by atoms with Crippen LogP contribution in [0.5, 0.6) is 0 Å². The average molecular weight is 442 g/mol. The molecule has 1 fully saturated rings. The Morgan fingerprint density at radius 1 is 1.26 bits per heavy atom. The van der Waals surface area contributed by atoms with Crippen molar-refractivity contribution >= 4 is 50.1 Å². The molecule has 2 aliphatic heterocycles. The van der Waals surface area contributed by atoms with Crippen LogP contribution < -0.4 is 0 Å². The third-order valence-electron chi connectivity index (χ3n) is 5.31. The highest BCUT2D eigenvalue weighted by atomic mass is 79.9. The van der Waals surface area contributed by atoms with Crippen molar-refractivity contribution in [2.45, 2.75) is 18.5 Å². The standard InChI is InChI=1S/C20H16BrN3O2S/c1-2-9-23-19(25)14-10-12-11-5-3-4-6-13(11)22-17(12)18(24(14)20(23)26)15-7-8-16(21)27-15/h2-8,14,18,22H,1,9-10H2/t14-,18-/m1/s1. The molecule has 2 atom stereocenters. The highest BCUT2D eigenvalue weighted by Crippen LogP contribution is 2.46. The van der Waals surface area contributed by atoms with E-state index in [0.29, 0.717) is 6.42 Å². The molecule has 3 aromatic rings. The highest BCUT2D eigenvalue weighted by Gasteiger charge is 2.52. The van der Waals surface area contributed by atoms with Crippen molar-refractivity contribution in [3.63, 3.8) is 0 Å². The first kappa shape index (κ1) is 16.8. The molecule has 5 nitrogen and oxygen atoms in total. The van der Waals surface area contributed by atoms with Gasteiger partial charge in [0.2, 0.25) is 0 Å². The maximum atomic E-state index is 13.1. The molecule has 136 valence electrons. The first-order chi connectivity index (χ1) is 13.1. The van der Waals surface area contributed by atoms with Crippen molar-refractivity contribution in [3.8, 4) is 0 Å². The number of thiophene rings is 1. The van der Waals surface area contributed by atoms with Crippen molar-refractivity contribution in [1.82, 2.24) is 14.8 Å². The third-order valence-corrected chi connectivity index (χ3v) is 6.99. The van der Waals surface area contributed by atoms with Crippen molar-refractivity contribution in [1.29, 1.82) is 0 Å². The summed E-state index contributed by atoms with van der Waals surface area (Å²) in [4.78, 5) is 33.7. The van der Waals surface area contributed by atoms with Gasteiger partial charge in [-0.2, -0.15) is 0 Å². The number of aromatic amines is 1. The molecule has 27 heavy (non-hydrogen) atoms. The Morgan fingerprint density at radius 3 is 2.81 bits per heavy atom. The maximum Gasteiger partial charge on any atom is 0.328 e. The molecule has 1 aromatic carbocycles. The quantitative estimate of drug-likeness (QED) is 0.481. The zero-order chi connectivity index (χ0) is 18.7. The first-order valence-electron chi connectivity index (χ1n) is 8.69. The zero-order valence-corrected chi connectivity index (χ0v) is 16.7. The van der Waals surface area contributed by atoms with E-state index in [2.05, 4.69) is 33.6 Å². The van der Waals surface area contributed by atoms with Crippen molar-refractivity contribution in [3.05, 3.63) is 69.0 Å². The van der Waals surface area contributed by atoms with Gasteiger partial charge in [0, 0.05) is 34.4 Å². The van der Waals surface area contributed by atoms with Crippen LogP contribution in [0.4, 0.5) is 4.79 Å². The number of nitrogens with one attached hydrogen (secondary N) is 1. The lowest BCUT2D eigenvalue weighted by molar-refractivity contribution is -0.128. The van der Waals surface area contributed by atoms with Crippen LogP contribution in [0.3, 0.4) is 0 Å². The van der Waals surface area contributed by atoms with Gasteiger partial charge in [-0.25, -0.2) is 4.79 Å². The number of hydrogen-bond donors (Lipinski definition) is 1. The third kappa shape index (κ3) is 2.34. The number of H-pyrrole nitrogens is 1. The smallest absolute Gasteiger partial charge is 0.328 e. The predicted molar refractivity (Wildman–Crippen MR) is 109 cm³/mol. The lowest BCUT2D eigenvalue weighted by Crippen LogP contribution is -2.43. The van der Waals surface area contributed by atoms with E-state index in [9.17, 15) is 9.59 Å². The van der Waals surface area contributed by atoms with Gasteiger partial charge in [0.25, 0.3) is 5.91 Å². The molecule has 0 saturated carbocycles. The first-order valence-corrected chi connectivity index (χ1v) is 10.3. The minimum absolute atomic E-state index is 0.142. The summed E-state index contributed by atoms with van der Waals surface area (Å²) in [5.41, 5.74) is 3.17. The largest absolute Gasteiger partial charge is 0.356 e. The van der Waals surface area contributed by atoms with Gasteiger partial charge in [-0.3, -0.25) is 14.6 Å². The Labute approximate surface area is 168 Å². The second-order valence-corrected chi connectivity index (χ2v) is 9.25. The summed E-state index contributed by atoms with van der Waals surface area (Å²) in [6.45, 7) is 3.92. The predicted octanol–water partition coefficient (Wildman–Crippen LogP) is 4.46. The Morgan fingerprint density at radius 2 is 2.07 bits per heavy atom. The molecule has 2 aliphatic rings. The number of imide groups is 1. The number of para-hydroxylation sites is 1. The molecule has 0 unspecified atom stereocenters. The van der Waals surface area contributed by atoms with E-state index >= 15 is 0 Å². The number of benzene rings is 1. The molecule has 0 aliphatic carbocycles. The number of rotatable bonds is 3. The monoisotopic (exact) mass is 441 g/mol. The molecule has 4 heterocycles. The normalized spacial score (nSPS) is 21.7. The van der Waals surface area contributed by atoms with Gasteiger partial charge in [-0.1, -0.05) is 24.3 Å². The van der Waals surface area contributed by atoms with E-state index < -0.39 is 6.04 Å². The molecule has 5 rings (SSSR count). The number of hydrogen-bond acceptors (Lipinski definition) is 3. The summed E-state index contributed by atoms with van der Waals surface area (Å²) < 4.78 is 0.998. The van der Waals surface area contributed by atoms with Gasteiger partial charge in [0.05, 0.1) is 3.79 Å². The van der Waals surface area contributed by atoms with Gasteiger partial charge < -0.3 is 4.98 Å². The Bertz CT molecular complexity index is 1100. The lowest BCUT2D eigenvalue weighted by Gasteiger charge is -2.35. The summed E-state index contributed by atoms with van der Waals surface area (Å²) in [6.07, 6.45) is 2.13. The molecule has 7 heteroatoms. The number of nitrogens with zero attached hydrogens (tertiary/aromatic N) is 2. The molecule has 1 N–H and O–H groups in total.